The van der Waals surface area contributed by atoms with E-state index < -0.39 is 0 Å². The van der Waals surface area contributed by atoms with Gasteiger partial charge in [-0.25, -0.2) is 0 Å². The van der Waals surface area contributed by atoms with Crippen LogP contribution in [-0.2, 0) is 4.79 Å². The molecule has 28 heavy (non-hydrogen) atoms. The Bertz CT molecular complexity index is 868. The number of nitrogens with one attached hydrogen (secondary N) is 2. The van der Waals surface area contributed by atoms with Gasteiger partial charge in [-0.1, -0.05) is 12.1 Å². The van der Waals surface area contributed by atoms with Gasteiger partial charge in [0, 0.05) is 31.6 Å². The molecule has 7 heteroatoms. The quantitative estimate of drug-likeness (QED) is 0.854. The lowest BCUT2D eigenvalue weighted by molar-refractivity contribution is -0.121. The zero-order chi connectivity index (χ0) is 19.6. The molecule has 0 atom stereocenters. The largest absolute Gasteiger partial charge is 0.497 e. The Balaban J connectivity index is 1.48. The summed E-state index contributed by atoms with van der Waals surface area (Å²) in [6, 6.07) is 7.60. The lowest BCUT2D eigenvalue weighted by Gasteiger charge is -2.41. The molecule has 7 nitrogen and oxygen atoms in total. The van der Waals surface area contributed by atoms with E-state index in [2.05, 4.69) is 15.5 Å². The third-order valence-corrected chi connectivity index (χ3v) is 6.20. The maximum absolute atomic E-state index is 13.2. The fourth-order valence-corrected chi connectivity index (χ4v) is 4.36. The molecule has 2 fully saturated rings. The van der Waals surface area contributed by atoms with Gasteiger partial charge in [-0.2, -0.15) is 5.10 Å². The first kappa shape index (κ1) is 18.5. The lowest BCUT2D eigenvalue weighted by Crippen LogP contribution is -2.43. The second kappa shape index (κ2) is 7.66. The van der Waals surface area contributed by atoms with E-state index in [0.717, 1.165) is 56.6 Å². The number of ether oxygens (including phenoxy) is 1. The molecule has 0 radical (unpaired) electrons. The second-order valence-corrected chi connectivity index (χ2v) is 7.78. The van der Waals surface area contributed by atoms with Gasteiger partial charge < -0.3 is 15.0 Å². The Morgan fingerprint density at radius 2 is 2.04 bits per heavy atom. The maximum Gasteiger partial charge on any atom is 0.257 e. The van der Waals surface area contributed by atoms with Crippen LogP contribution in [0, 0.1) is 5.41 Å². The highest BCUT2D eigenvalue weighted by molar-refractivity contribution is 5.99. The molecule has 2 aliphatic rings. The molecule has 0 saturated carbocycles. The summed E-state index contributed by atoms with van der Waals surface area (Å²) in [5.41, 5.74) is 2.36. The average molecular weight is 382 g/mol. The number of rotatable bonds is 3. The van der Waals surface area contributed by atoms with Crippen LogP contribution in [0.2, 0.25) is 0 Å². The van der Waals surface area contributed by atoms with Gasteiger partial charge in [0.25, 0.3) is 5.91 Å². The van der Waals surface area contributed by atoms with Crippen LogP contribution in [0.3, 0.4) is 0 Å². The Hall–Kier alpha value is -2.83. The SMILES string of the molecule is COc1cccc(-c2[nH]ncc2C(=O)N2CCC3(CCNC(=O)CC3)CC2)c1. The van der Waals surface area contributed by atoms with Crippen LogP contribution in [0.1, 0.15) is 42.5 Å². The lowest BCUT2D eigenvalue weighted by atomic mass is 9.73. The monoisotopic (exact) mass is 382 g/mol. The van der Waals surface area contributed by atoms with Crippen molar-refractivity contribution in [3.8, 4) is 17.0 Å². The highest BCUT2D eigenvalue weighted by Gasteiger charge is 2.37. The first-order valence-electron chi connectivity index (χ1n) is 9.84. The van der Waals surface area contributed by atoms with E-state index in [9.17, 15) is 9.59 Å². The van der Waals surface area contributed by atoms with Crippen molar-refractivity contribution < 1.29 is 14.3 Å². The number of benzene rings is 1. The molecule has 1 spiro atoms. The number of aromatic nitrogens is 2. The van der Waals surface area contributed by atoms with Gasteiger partial charge in [0.2, 0.25) is 5.91 Å². The Morgan fingerprint density at radius 3 is 2.82 bits per heavy atom. The van der Waals surface area contributed by atoms with E-state index in [1.165, 1.54) is 0 Å². The Morgan fingerprint density at radius 1 is 1.21 bits per heavy atom. The molecule has 0 unspecified atom stereocenters. The number of aromatic amines is 1. The summed E-state index contributed by atoms with van der Waals surface area (Å²) < 4.78 is 5.29. The van der Waals surface area contributed by atoms with E-state index in [1.54, 1.807) is 13.3 Å². The highest BCUT2D eigenvalue weighted by Crippen LogP contribution is 2.40. The first-order valence-corrected chi connectivity index (χ1v) is 9.84. The van der Waals surface area contributed by atoms with Gasteiger partial charge >= 0.3 is 0 Å². The fraction of sp³-hybridized carbons (Fsp3) is 0.476. The number of carbonyl (C=O) groups excluding carboxylic acids is 2. The number of hydrogen-bond acceptors (Lipinski definition) is 4. The van der Waals surface area contributed by atoms with Crippen molar-refractivity contribution in [2.24, 2.45) is 5.41 Å². The minimum Gasteiger partial charge on any atom is -0.497 e. The maximum atomic E-state index is 13.2. The standard InChI is InChI=1S/C21H26N4O3/c1-28-16-4-2-3-15(13-16)19-17(14-23-24-19)20(27)25-11-8-21(9-12-25)6-5-18(26)22-10-7-21/h2-4,13-14H,5-12H2,1H3,(H,22,26)(H,23,24). The van der Waals surface area contributed by atoms with Crippen LogP contribution in [0.25, 0.3) is 11.3 Å². The van der Waals surface area contributed by atoms with Crippen molar-refractivity contribution in [2.75, 3.05) is 26.7 Å². The molecule has 4 rings (SSSR count). The molecule has 1 aromatic carbocycles. The van der Waals surface area contributed by atoms with Crippen molar-refractivity contribution in [1.29, 1.82) is 0 Å². The molecule has 3 heterocycles. The number of carbonyl (C=O) groups is 2. The number of nitrogens with zero attached hydrogens (tertiary/aromatic N) is 2. The second-order valence-electron chi connectivity index (χ2n) is 7.78. The molecule has 2 aromatic rings. The topological polar surface area (TPSA) is 87.3 Å². The number of hydrogen-bond donors (Lipinski definition) is 2. The van der Waals surface area contributed by atoms with Crippen molar-refractivity contribution >= 4 is 11.8 Å². The minimum absolute atomic E-state index is 0.00393. The number of methoxy groups -OCH3 is 1. The minimum atomic E-state index is 0.00393. The number of piperidine rings is 1. The van der Waals surface area contributed by atoms with Crippen molar-refractivity contribution in [3.05, 3.63) is 36.0 Å². The summed E-state index contributed by atoms with van der Waals surface area (Å²) in [7, 11) is 1.62. The molecule has 2 amide bonds. The molecular formula is C21H26N4O3. The molecule has 2 N–H and O–H groups in total. The van der Waals surface area contributed by atoms with Gasteiger partial charge in [0.1, 0.15) is 5.75 Å². The summed E-state index contributed by atoms with van der Waals surface area (Å²) in [5.74, 6) is 0.892. The van der Waals surface area contributed by atoms with Crippen LogP contribution < -0.4 is 10.1 Å². The average Bonchev–Trinajstić information content (AvgIpc) is 3.15. The smallest absolute Gasteiger partial charge is 0.257 e. The van der Waals surface area contributed by atoms with E-state index in [1.807, 2.05) is 29.2 Å². The number of amides is 2. The zero-order valence-corrected chi connectivity index (χ0v) is 16.2. The number of H-pyrrole nitrogens is 1. The first-order chi connectivity index (χ1) is 13.6. The summed E-state index contributed by atoms with van der Waals surface area (Å²) >= 11 is 0. The third kappa shape index (κ3) is 3.61. The van der Waals surface area contributed by atoms with Crippen LogP contribution >= 0.6 is 0 Å². The van der Waals surface area contributed by atoms with Crippen LogP contribution in [-0.4, -0.2) is 53.7 Å². The van der Waals surface area contributed by atoms with E-state index >= 15 is 0 Å². The summed E-state index contributed by atoms with van der Waals surface area (Å²) in [6.07, 6.45) is 6.01. The Labute approximate surface area is 164 Å². The highest BCUT2D eigenvalue weighted by atomic mass is 16.5. The summed E-state index contributed by atoms with van der Waals surface area (Å²) in [6.45, 7) is 2.18. The van der Waals surface area contributed by atoms with Crippen molar-refractivity contribution in [1.82, 2.24) is 20.4 Å². The van der Waals surface area contributed by atoms with Gasteiger partial charge in [0.05, 0.1) is 24.6 Å². The zero-order valence-electron chi connectivity index (χ0n) is 16.2. The molecule has 0 aliphatic carbocycles. The third-order valence-electron chi connectivity index (χ3n) is 6.20. The summed E-state index contributed by atoms with van der Waals surface area (Å²) in [4.78, 5) is 26.7. The molecule has 2 aliphatic heterocycles. The fourth-order valence-electron chi connectivity index (χ4n) is 4.36. The van der Waals surface area contributed by atoms with E-state index in [0.29, 0.717) is 17.7 Å². The van der Waals surface area contributed by atoms with Gasteiger partial charge in [0.15, 0.2) is 0 Å². The molecular weight excluding hydrogens is 356 g/mol. The predicted octanol–water partition coefficient (Wildman–Crippen LogP) is 2.61. The van der Waals surface area contributed by atoms with Gasteiger partial charge in [-0.15, -0.1) is 0 Å². The van der Waals surface area contributed by atoms with Crippen LogP contribution in [0.4, 0.5) is 0 Å². The Kier molecular flexibility index (Phi) is 5.07. The van der Waals surface area contributed by atoms with Crippen LogP contribution in [0.15, 0.2) is 30.5 Å². The van der Waals surface area contributed by atoms with Crippen LogP contribution in [0.5, 0.6) is 5.75 Å². The number of likely N-dealkylation sites (tertiary alicyclic amines) is 1. The van der Waals surface area contributed by atoms with Gasteiger partial charge in [-0.3, -0.25) is 14.7 Å². The van der Waals surface area contributed by atoms with Crippen molar-refractivity contribution in [3.63, 3.8) is 0 Å². The predicted molar refractivity (Wildman–Crippen MR) is 105 cm³/mol. The molecule has 2 saturated heterocycles. The summed E-state index contributed by atoms with van der Waals surface area (Å²) in [5, 5.41) is 10.0. The van der Waals surface area contributed by atoms with E-state index in [4.69, 9.17) is 4.74 Å². The molecule has 148 valence electrons. The van der Waals surface area contributed by atoms with E-state index in [-0.39, 0.29) is 17.2 Å². The van der Waals surface area contributed by atoms with Gasteiger partial charge in [-0.05, 0) is 43.2 Å². The normalized spacial score (nSPS) is 19.2. The molecule has 1 aromatic heterocycles. The van der Waals surface area contributed by atoms with Crippen molar-refractivity contribution in [2.45, 2.75) is 32.1 Å². The molecule has 0 bridgehead atoms.